The van der Waals surface area contributed by atoms with E-state index in [0.29, 0.717) is 17.8 Å². The van der Waals surface area contributed by atoms with Crippen LogP contribution in [0.3, 0.4) is 0 Å². The van der Waals surface area contributed by atoms with Gasteiger partial charge in [-0.2, -0.15) is 0 Å². The molecule has 0 amide bonds. The zero-order chi connectivity index (χ0) is 25.3. The van der Waals surface area contributed by atoms with Gasteiger partial charge in [-0.05, 0) is 45.8 Å². The number of allylic oxidation sites excluding steroid dienone is 2. The highest BCUT2D eigenvalue weighted by Crippen LogP contribution is 2.35. The summed E-state index contributed by atoms with van der Waals surface area (Å²) in [6.45, 7) is 9.81. The average Bonchev–Trinajstić information content (AvgIpc) is 3.05. The Balaban J connectivity index is 2.22. The Labute approximate surface area is 204 Å². The topological polar surface area (TPSA) is 68.5 Å². The quantitative estimate of drug-likeness (QED) is 0.145. The van der Waals surface area contributed by atoms with Gasteiger partial charge < -0.3 is 14.4 Å². The number of para-hydroxylation sites is 1. The van der Waals surface area contributed by atoms with Gasteiger partial charge in [-0.3, -0.25) is 0 Å². The number of carbonyl (C=O) groups excluding carboxylic acids is 1. The molecule has 0 aliphatic carbocycles. The Kier molecular flexibility index (Phi) is 10.6. The number of fused-ring (bicyclic) bond motifs is 1. The fourth-order valence-electron chi connectivity index (χ4n) is 4.60. The molecule has 0 aliphatic rings. The number of unbranched alkanes of at least 4 members (excludes halogenated alkanes) is 7. The van der Waals surface area contributed by atoms with Crippen LogP contribution in [0, 0.1) is 6.92 Å². The third-order valence-corrected chi connectivity index (χ3v) is 6.55. The van der Waals surface area contributed by atoms with Crippen LogP contribution in [-0.2, 0) is 21.4 Å². The molecule has 2 aromatic rings. The molecular formula is C29H41NO4. The summed E-state index contributed by atoms with van der Waals surface area (Å²) in [6.07, 6.45) is 9.24. The smallest absolute Gasteiger partial charge is 0.338 e. The van der Waals surface area contributed by atoms with Gasteiger partial charge >= 0.3 is 11.9 Å². The van der Waals surface area contributed by atoms with Gasteiger partial charge in [0, 0.05) is 29.2 Å². The monoisotopic (exact) mass is 467 g/mol. The molecule has 1 N–H and O–H groups in total. The van der Waals surface area contributed by atoms with E-state index in [1.165, 1.54) is 32.1 Å². The molecule has 0 bridgehead atoms. The summed E-state index contributed by atoms with van der Waals surface area (Å²) < 4.78 is 7.60. The number of esters is 1. The number of carbonyl (C=O) groups is 2. The fraction of sp³-hybridized carbons (Fsp3) is 0.517. The Morgan fingerprint density at radius 3 is 2.09 bits per heavy atom. The van der Waals surface area contributed by atoms with E-state index in [4.69, 9.17) is 4.74 Å². The predicted octanol–water partition coefficient (Wildman–Crippen LogP) is 7.37. The maximum absolute atomic E-state index is 13.0. The average molecular weight is 468 g/mol. The minimum Gasteiger partial charge on any atom is -0.478 e. The van der Waals surface area contributed by atoms with Crippen LogP contribution in [0.4, 0.5) is 0 Å². The van der Waals surface area contributed by atoms with Crippen molar-refractivity contribution in [3.05, 3.63) is 52.2 Å². The first-order valence-electron chi connectivity index (χ1n) is 12.6. The number of aromatic nitrogens is 1. The van der Waals surface area contributed by atoms with Crippen LogP contribution in [0.2, 0.25) is 0 Å². The summed E-state index contributed by atoms with van der Waals surface area (Å²) in [7, 11) is 1.97. The summed E-state index contributed by atoms with van der Waals surface area (Å²) in [4.78, 5) is 25.5. The van der Waals surface area contributed by atoms with Crippen molar-refractivity contribution in [2.75, 3.05) is 6.61 Å². The Hall–Kier alpha value is -2.82. The molecule has 2 rings (SSSR count). The van der Waals surface area contributed by atoms with Gasteiger partial charge in [0.2, 0.25) is 0 Å². The number of ether oxygens (including phenoxy) is 1. The van der Waals surface area contributed by atoms with E-state index >= 15 is 0 Å². The number of aliphatic carboxylic acids is 1. The second-order valence-electron chi connectivity index (χ2n) is 9.33. The molecule has 0 aliphatic heterocycles. The first-order chi connectivity index (χ1) is 16.2. The lowest BCUT2D eigenvalue weighted by Gasteiger charge is -2.15. The number of hydrogen-bond donors (Lipinski definition) is 1. The molecule has 34 heavy (non-hydrogen) atoms. The van der Waals surface area contributed by atoms with E-state index in [1.807, 2.05) is 38.2 Å². The maximum Gasteiger partial charge on any atom is 0.338 e. The third-order valence-electron chi connectivity index (χ3n) is 6.55. The van der Waals surface area contributed by atoms with Crippen LogP contribution >= 0.6 is 0 Å². The van der Waals surface area contributed by atoms with Crippen LogP contribution in [0.1, 0.15) is 90.3 Å². The minimum absolute atomic E-state index is 0.0142. The molecule has 186 valence electrons. The number of carboxylic acid groups (broad SMARTS) is 1. The SMILES string of the molecule is CCCCCCCCCCOC(=O)C(=C(C)C)/C(C(=O)O)=C(\C)c1c(C)n(C)c2ccccc12. The number of nitrogens with zero attached hydrogens (tertiary/aromatic N) is 1. The zero-order valence-corrected chi connectivity index (χ0v) is 21.8. The van der Waals surface area contributed by atoms with Crippen LogP contribution < -0.4 is 0 Å². The lowest BCUT2D eigenvalue weighted by Crippen LogP contribution is -2.18. The second-order valence-corrected chi connectivity index (χ2v) is 9.33. The van der Waals surface area contributed by atoms with E-state index in [2.05, 4.69) is 11.5 Å². The van der Waals surface area contributed by atoms with E-state index in [9.17, 15) is 14.7 Å². The van der Waals surface area contributed by atoms with Gasteiger partial charge in [-0.25, -0.2) is 9.59 Å². The normalized spacial score (nSPS) is 11.9. The lowest BCUT2D eigenvalue weighted by molar-refractivity contribution is -0.140. The minimum atomic E-state index is -1.12. The van der Waals surface area contributed by atoms with E-state index in [-0.39, 0.29) is 11.1 Å². The van der Waals surface area contributed by atoms with Crippen molar-refractivity contribution in [1.29, 1.82) is 0 Å². The number of rotatable bonds is 13. The molecule has 0 radical (unpaired) electrons. The summed E-state index contributed by atoms with van der Waals surface area (Å²) in [5, 5.41) is 11.1. The Morgan fingerprint density at radius 1 is 0.912 bits per heavy atom. The van der Waals surface area contributed by atoms with Crippen LogP contribution in [0.15, 0.2) is 41.0 Å². The second kappa shape index (κ2) is 13.2. The number of carboxylic acids is 1. The number of hydrogen-bond acceptors (Lipinski definition) is 3. The van der Waals surface area contributed by atoms with Crippen LogP contribution in [0.25, 0.3) is 16.5 Å². The molecular weight excluding hydrogens is 426 g/mol. The number of benzene rings is 1. The van der Waals surface area contributed by atoms with Crippen molar-refractivity contribution in [3.63, 3.8) is 0 Å². The molecule has 0 spiro atoms. The highest BCUT2D eigenvalue weighted by molar-refractivity contribution is 6.13. The Bertz CT molecular complexity index is 1070. The van der Waals surface area contributed by atoms with Gasteiger partial charge in [0.05, 0.1) is 17.8 Å². The Morgan fingerprint density at radius 2 is 1.50 bits per heavy atom. The van der Waals surface area contributed by atoms with Gasteiger partial charge in [0.15, 0.2) is 0 Å². The summed E-state index contributed by atoms with van der Waals surface area (Å²) >= 11 is 0. The maximum atomic E-state index is 13.0. The van der Waals surface area contributed by atoms with Gasteiger partial charge in [-0.15, -0.1) is 0 Å². The van der Waals surface area contributed by atoms with Crippen molar-refractivity contribution >= 4 is 28.4 Å². The van der Waals surface area contributed by atoms with Gasteiger partial charge in [0.1, 0.15) is 0 Å². The summed E-state index contributed by atoms with van der Waals surface area (Å²) in [5.41, 5.74) is 4.20. The van der Waals surface area contributed by atoms with Crippen molar-refractivity contribution in [3.8, 4) is 0 Å². The first-order valence-corrected chi connectivity index (χ1v) is 12.6. The van der Waals surface area contributed by atoms with Crippen molar-refractivity contribution < 1.29 is 19.4 Å². The highest BCUT2D eigenvalue weighted by Gasteiger charge is 2.28. The van der Waals surface area contributed by atoms with Gasteiger partial charge in [0.25, 0.3) is 0 Å². The molecule has 5 nitrogen and oxygen atoms in total. The van der Waals surface area contributed by atoms with Crippen LogP contribution in [-0.4, -0.2) is 28.2 Å². The molecule has 0 saturated carbocycles. The van der Waals surface area contributed by atoms with Crippen molar-refractivity contribution in [2.45, 2.75) is 86.0 Å². The van der Waals surface area contributed by atoms with Crippen molar-refractivity contribution in [2.24, 2.45) is 7.05 Å². The van der Waals surface area contributed by atoms with E-state index in [0.717, 1.165) is 41.4 Å². The highest BCUT2D eigenvalue weighted by atomic mass is 16.5. The zero-order valence-electron chi connectivity index (χ0n) is 21.8. The summed E-state index contributed by atoms with van der Waals surface area (Å²) in [6, 6.07) is 7.91. The molecule has 1 aromatic carbocycles. The molecule has 0 saturated heterocycles. The van der Waals surface area contributed by atoms with Gasteiger partial charge in [-0.1, -0.05) is 75.6 Å². The first kappa shape index (κ1) is 27.4. The molecule has 0 fully saturated rings. The van der Waals surface area contributed by atoms with E-state index in [1.54, 1.807) is 20.8 Å². The molecule has 0 atom stereocenters. The van der Waals surface area contributed by atoms with Crippen LogP contribution in [0.5, 0.6) is 0 Å². The fourth-order valence-corrected chi connectivity index (χ4v) is 4.60. The summed E-state index contributed by atoms with van der Waals surface area (Å²) in [5.74, 6) is -1.68. The molecule has 1 aromatic heterocycles. The van der Waals surface area contributed by atoms with Crippen molar-refractivity contribution in [1.82, 2.24) is 4.57 Å². The largest absolute Gasteiger partial charge is 0.478 e. The molecule has 0 unspecified atom stereocenters. The number of aryl methyl sites for hydroxylation is 1. The third kappa shape index (κ3) is 6.62. The van der Waals surface area contributed by atoms with E-state index < -0.39 is 11.9 Å². The molecule has 1 heterocycles. The lowest BCUT2D eigenvalue weighted by atomic mass is 9.91. The predicted molar refractivity (Wildman–Crippen MR) is 140 cm³/mol. The molecule has 5 heteroatoms. The standard InChI is InChI=1S/C29H41NO4/c1-7-8-9-10-11-12-13-16-19-34-29(33)25(20(2)3)27(28(31)32)21(4)26-22(5)30(6)24-18-15-14-17-23(24)26/h14-15,17-18H,7-13,16,19H2,1-6H3,(H,31,32)/b27-21-.